The molecule has 1 aliphatic rings. The molecule has 106 valence electrons. The summed E-state index contributed by atoms with van der Waals surface area (Å²) < 4.78 is 0. The predicted octanol–water partition coefficient (Wildman–Crippen LogP) is 1.62. The Morgan fingerprint density at radius 2 is 2.47 bits per heavy atom. The van der Waals surface area contributed by atoms with Crippen molar-refractivity contribution in [1.29, 1.82) is 0 Å². The van der Waals surface area contributed by atoms with Gasteiger partial charge < -0.3 is 15.3 Å². The fraction of sp³-hybridized carbons (Fsp3) is 0.692. The number of urea groups is 1. The van der Waals surface area contributed by atoms with Crippen molar-refractivity contribution in [2.24, 2.45) is 5.92 Å². The largest absolute Gasteiger partial charge is 0.391 e. The third-order valence-electron chi connectivity index (χ3n) is 3.55. The Kier molecular flexibility index (Phi) is 4.76. The van der Waals surface area contributed by atoms with Crippen LogP contribution in [0, 0.1) is 5.92 Å². The maximum atomic E-state index is 12.0. The third-order valence-corrected chi connectivity index (χ3v) is 4.69. The van der Waals surface area contributed by atoms with Gasteiger partial charge in [0.05, 0.1) is 12.6 Å². The number of hydrogen-bond donors (Lipinski definition) is 2. The lowest BCUT2D eigenvalue weighted by Gasteiger charge is -2.34. The maximum absolute atomic E-state index is 12.0. The molecule has 1 saturated heterocycles. The standard InChI is InChI=1S/C13H21N3O2S/c1-3-10-6-14-12(19-10)7-15-13(18)16-5-4-9(2)11(17)8-16/h6,9,11,17H,3-5,7-8H2,1-2H3,(H,15,18). The molecular formula is C13H21N3O2S. The Morgan fingerprint density at radius 1 is 1.68 bits per heavy atom. The second kappa shape index (κ2) is 6.34. The first-order valence-corrected chi connectivity index (χ1v) is 7.56. The summed E-state index contributed by atoms with van der Waals surface area (Å²) in [7, 11) is 0. The van der Waals surface area contributed by atoms with E-state index < -0.39 is 6.10 Å². The minimum atomic E-state index is -0.411. The van der Waals surface area contributed by atoms with Crippen molar-refractivity contribution in [3.05, 3.63) is 16.1 Å². The van der Waals surface area contributed by atoms with Gasteiger partial charge >= 0.3 is 6.03 Å². The summed E-state index contributed by atoms with van der Waals surface area (Å²) in [5.41, 5.74) is 0. The van der Waals surface area contributed by atoms with Gasteiger partial charge in [0.15, 0.2) is 0 Å². The Hall–Kier alpha value is -1.14. The van der Waals surface area contributed by atoms with Crippen LogP contribution in [0.4, 0.5) is 4.79 Å². The number of nitrogens with one attached hydrogen (secondary N) is 1. The number of carbonyl (C=O) groups is 1. The molecule has 1 aromatic heterocycles. The van der Waals surface area contributed by atoms with E-state index in [4.69, 9.17) is 0 Å². The lowest BCUT2D eigenvalue weighted by Crippen LogP contribution is -2.49. The summed E-state index contributed by atoms with van der Waals surface area (Å²) in [6, 6.07) is -0.112. The van der Waals surface area contributed by atoms with E-state index >= 15 is 0 Å². The van der Waals surface area contributed by atoms with Crippen LogP contribution in [0.2, 0.25) is 0 Å². The van der Waals surface area contributed by atoms with E-state index in [9.17, 15) is 9.90 Å². The topological polar surface area (TPSA) is 65.5 Å². The average Bonchev–Trinajstić information content (AvgIpc) is 2.87. The summed E-state index contributed by atoms with van der Waals surface area (Å²) in [6.07, 6.45) is 3.28. The minimum Gasteiger partial charge on any atom is -0.391 e. The number of likely N-dealkylation sites (tertiary alicyclic amines) is 1. The molecule has 0 spiro atoms. The SMILES string of the molecule is CCc1cnc(CNC(=O)N2CCC(C)C(O)C2)s1. The molecule has 5 nitrogen and oxygen atoms in total. The van der Waals surface area contributed by atoms with Crippen molar-refractivity contribution in [3.8, 4) is 0 Å². The first-order chi connectivity index (χ1) is 9.10. The minimum absolute atomic E-state index is 0.112. The molecule has 0 aromatic carbocycles. The number of rotatable bonds is 3. The molecule has 0 aliphatic carbocycles. The molecule has 2 amide bonds. The smallest absolute Gasteiger partial charge is 0.317 e. The predicted molar refractivity (Wildman–Crippen MR) is 75.1 cm³/mol. The molecular weight excluding hydrogens is 262 g/mol. The monoisotopic (exact) mass is 283 g/mol. The molecule has 0 bridgehead atoms. The molecule has 19 heavy (non-hydrogen) atoms. The quantitative estimate of drug-likeness (QED) is 0.886. The van der Waals surface area contributed by atoms with Crippen molar-refractivity contribution in [2.45, 2.75) is 39.3 Å². The Labute approximate surface area is 117 Å². The van der Waals surface area contributed by atoms with Gasteiger partial charge in [-0.05, 0) is 18.8 Å². The molecule has 2 N–H and O–H groups in total. The zero-order valence-corrected chi connectivity index (χ0v) is 12.2. The van der Waals surface area contributed by atoms with E-state index in [0.717, 1.165) is 17.8 Å². The van der Waals surface area contributed by atoms with E-state index in [1.165, 1.54) is 4.88 Å². The fourth-order valence-corrected chi connectivity index (χ4v) is 2.89. The van der Waals surface area contributed by atoms with Gasteiger partial charge in [0.1, 0.15) is 5.01 Å². The van der Waals surface area contributed by atoms with Gasteiger partial charge in [-0.1, -0.05) is 13.8 Å². The van der Waals surface area contributed by atoms with Gasteiger partial charge in [-0.3, -0.25) is 0 Å². The normalized spacial score (nSPS) is 23.4. The highest BCUT2D eigenvalue weighted by Gasteiger charge is 2.27. The first kappa shape index (κ1) is 14.3. The van der Waals surface area contributed by atoms with Gasteiger partial charge in [0, 0.05) is 24.2 Å². The van der Waals surface area contributed by atoms with Crippen molar-refractivity contribution in [1.82, 2.24) is 15.2 Å². The van der Waals surface area contributed by atoms with Crippen molar-refractivity contribution in [2.75, 3.05) is 13.1 Å². The Balaban J connectivity index is 1.81. The van der Waals surface area contributed by atoms with Crippen LogP contribution < -0.4 is 5.32 Å². The van der Waals surface area contributed by atoms with Crippen LogP contribution in [-0.2, 0) is 13.0 Å². The highest BCUT2D eigenvalue weighted by atomic mass is 32.1. The first-order valence-electron chi connectivity index (χ1n) is 6.74. The van der Waals surface area contributed by atoms with Crippen molar-refractivity contribution < 1.29 is 9.90 Å². The number of nitrogens with zero attached hydrogens (tertiary/aromatic N) is 2. The number of β-amino-alcohol motifs (C(OH)–C–C–N with tert-alkyl or cyclic N) is 1. The second-order valence-electron chi connectivity index (χ2n) is 5.01. The van der Waals surface area contributed by atoms with Gasteiger partial charge in [0.25, 0.3) is 0 Å². The van der Waals surface area contributed by atoms with Crippen LogP contribution >= 0.6 is 11.3 Å². The number of aromatic nitrogens is 1. The molecule has 0 radical (unpaired) electrons. The zero-order chi connectivity index (χ0) is 13.8. The number of piperidine rings is 1. The summed E-state index contributed by atoms with van der Waals surface area (Å²) in [6.45, 7) is 5.70. The summed E-state index contributed by atoms with van der Waals surface area (Å²) in [5, 5.41) is 13.6. The fourth-order valence-electron chi connectivity index (χ4n) is 2.09. The summed E-state index contributed by atoms with van der Waals surface area (Å²) >= 11 is 1.63. The molecule has 0 saturated carbocycles. The summed E-state index contributed by atoms with van der Waals surface area (Å²) in [4.78, 5) is 19.2. The van der Waals surface area contributed by atoms with Crippen molar-refractivity contribution >= 4 is 17.4 Å². The summed E-state index contributed by atoms with van der Waals surface area (Å²) in [5.74, 6) is 0.273. The zero-order valence-electron chi connectivity index (χ0n) is 11.4. The van der Waals surface area contributed by atoms with E-state index in [-0.39, 0.29) is 11.9 Å². The molecule has 2 heterocycles. The van der Waals surface area contributed by atoms with E-state index in [1.54, 1.807) is 16.2 Å². The molecule has 2 rings (SSSR count). The number of amides is 2. The molecule has 2 atom stereocenters. The second-order valence-corrected chi connectivity index (χ2v) is 6.21. The number of aliphatic hydroxyl groups is 1. The maximum Gasteiger partial charge on any atom is 0.317 e. The van der Waals surface area contributed by atoms with Gasteiger partial charge in [0.2, 0.25) is 0 Å². The van der Waals surface area contributed by atoms with Gasteiger partial charge in [-0.2, -0.15) is 0 Å². The molecule has 2 unspecified atom stereocenters. The van der Waals surface area contributed by atoms with Crippen LogP contribution in [0.5, 0.6) is 0 Å². The van der Waals surface area contributed by atoms with Gasteiger partial charge in [-0.15, -0.1) is 11.3 Å². The number of aryl methyl sites for hydroxylation is 1. The van der Waals surface area contributed by atoms with Gasteiger partial charge in [-0.25, -0.2) is 9.78 Å². The van der Waals surface area contributed by atoms with Crippen LogP contribution in [-0.4, -0.2) is 40.2 Å². The highest BCUT2D eigenvalue weighted by Crippen LogP contribution is 2.17. The Morgan fingerprint density at radius 3 is 3.11 bits per heavy atom. The lowest BCUT2D eigenvalue weighted by atomic mass is 9.96. The number of thiazole rings is 1. The third kappa shape index (κ3) is 3.67. The molecule has 1 aliphatic heterocycles. The number of carbonyl (C=O) groups excluding carboxylic acids is 1. The molecule has 6 heteroatoms. The lowest BCUT2D eigenvalue weighted by molar-refractivity contribution is 0.0435. The number of hydrogen-bond acceptors (Lipinski definition) is 4. The van der Waals surface area contributed by atoms with Crippen LogP contribution in [0.3, 0.4) is 0 Å². The Bertz CT molecular complexity index is 435. The molecule has 1 aromatic rings. The van der Waals surface area contributed by atoms with Crippen LogP contribution in [0.1, 0.15) is 30.2 Å². The average molecular weight is 283 g/mol. The van der Waals surface area contributed by atoms with Crippen LogP contribution in [0.15, 0.2) is 6.20 Å². The van der Waals surface area contributed by atoms with E-state index in [0.29, 0.717) is 19.6 Å². The number of aliphatic hydroxyl groups excluding tert-OH is 1. The van der Waals surface area contributed by atoms with E-state index in [2.05, 4.69) is 17.2 Å². The molecule has 1 fully saturated rings. The van der Waals surface area contributed by atoms with Crippen molar-refractivity contribution in [3.63, 3.8) is 0 Å². The highest BCUT2D eigenvalue weighted by molar-refractivity contribution is 7.11. The van der Waals surface area contributed by atoms with Crippen LogP contribution in [0.25, 0.3) is 0 Å². The van der Waals surface area contributed by atoms with E-state index in [1.807, 2.05) is 13.1 Å².